The van der Waals surface area contributed by atoms with Crippen molar-refractivity contribution in [2.24, 2.45) is 0 Å². The minimum Gasteiger partial charge on any atom is -0.496 e. The fraction of sp³-hybridized carbons (Fsp3) is 0.167. The SMILES string of the molecule is COc1ccccc1Cc1cscc1N. The maximum absolute atomic E-state index is 5.85. The molecule has 0 aliphatic rings. The zero-order chi connectivity index (χ0) is 10.7. The van der Waals surface area contributed by atoms with Gasteiger partial charge < -0.3 is 10.5 Å². The summed E-state index contributed by atoms with van der Waals surface area (Å²) >= 11 is 1.63. The molecule has 2 N–H and O–H groups in total. The van der Waals surface area contributed by atoms with Gasteiger partial charge >= 0.3 is 0 Å². The monoisotopic (exact) mass is 219 g/mol. The molecule has 0 aliphatic heterocycles. The van der Waals surface area contributed by atoms with Crippen molar-refractivity contribution in [1.82, 2.24) is 0 Å². The highest BCUT2D eigenvalue weighted by Gasteiger charge is 2.05. The number of nitrogen functional groups attached to an aromatic ring is 1. The third kappa shape index (κ3) is 2.13. The Hall–Kier alpha value is -1.48. The Labute approximate surface area is 93.3 Å². The van der Waals surface area contributed by atoms with E-state index in [1.165, 1.54) is 11.1 Å². The maximum atomic E-state index is 5.85. The number of nitrogens with two attached hydrogens (primary N) is 1. The van der Waals surface area contributed by atoms with Gasteiger partial charge in [0.25, 0.3) is 0 Å². The van der Waals surface area contributed by atoms with Crippen LogP contribution in [-0.4, -0.2) is 7.11 Å². The zero-order valence-corrected chi connectivity index (χ0v) is 9.38. The van der Waals surface area contributed by atoms with E-state index in [1.807, 2.05) is 23.6 Å². The highest BCUT2D eigenvalue weighted by Crippen LogP contribution is 2.25. The summed E-state index contributed by atoms with van der Waals surface area (Å²) in [5.74, 6) is 0.920. The first-order chi connectivity index (χ1) is 7.31. The van der Waals surface area contributed by atoms with Crippen molar-refractivity contribution in [2.75, 3.05) is 12.8 Å². The molecule has 15 heavy (non-hydrogen) atoms. The van der Waals surface area contributed by atoms with E-state index >= 15 is 0 Å². The molecule has 2 aromatic rings. The number of anilines is 1. The van der Waals surface area contributed by atoms with Crippen LogP contribution in [0.5, 0.6) is 5.75 Å². The number of ether oxygens (including phenoxy) is 1. The van der Waals surface area contributed by atoms with Crippen molar-refractivity contribution in [3.8, 4) is 5.75 Å². The van der Waals surface area contributed by atoms with Crippen LogP contribution in [0.2, 0.25) is 0 Å². The van der Waals surface area contributed by atoms with Gasteiger partial charge in [-0.2, -0.15) is 0 Å². The minimum atomic E-state index is 0.833. The Bertz CT molecular complexity index is 450. The standard InChI is InChI=1S/C12H13NOS/c1-14-12-5-3-2-4-9(12)6-10-7-15-8-11(10)13/h2-5,7-8H,6,13H2,1H3. The van der Waals surface area contributed by atoms with Gasteiger partial charge in [-0.25, -0.2) is 0 Å². The largest absolute Gasteiger partial charge is 0.496 e. The third-order valence-electron chi connectivity index (χ3n) is 2.35. The fourth-order valence-electron chi connectivity index (χ4n) is 1.53. The molecule has 3 heteroatoms. The number of thiophene rings is 1. The summed E-state index contributed by atoms with van der Waals surface area (Å²) in [4.78, 5) is 0. The molecule has 0 fully saturated rings. The van der Waals surface area contributed by atoms with Gasteiger partial charge in [0.05, 0.1) is 7.11 Å². The second-order valence-electron chi connectivity index (χ2n) is 3.34. The highest BCUT2D eigenvalue weighted by atomic mass is 32.1. The number of hydrogen-bond acceptors (Lipinski definition) is 3. The van der Waals surface area contributed by atoms with Gasteiger partial charge in [-0.1, -0.05) is 18.2 Å². The molecule has 2 rings (SSSR count). The molecule has 0 amide bonds. The Morgan fingerprint density at radius 2 is 2.00 bits per heavy atom. The van der Waals surface area contributed by atoms with E-state index in [2.05, 4.69) is 11.4 Å². The summed E-state index contributed by atoms with van der Waals surface area (Å²) in [7, 11) is 1.69. The lowest BCUT2D eigenvalue weighted by Gasteiger charge is -2.07. The lowest BCUT2D eigenvalue weighted by Crippen LogP contribution is -1.95. The molecule has 0 bridgehead atoms. The molecule has 0 radical (unpaired) electrons. The minimum absolute atomic E-state index is 0.833. The lowest BCUT2D eigenvalue weighted by molar-refractivity contribution is 0.410. The number of rotatable bonds is 3. The maximum Gasteiger partial charge on any atom is 0.122 e. The van der Waals surface area contributed by atoms with E-state index in [9.17, 15) is 0 Å². The lowest BCUT2D eigenvalue weighted by atomic mass is 10.1. The summed E-state index contributed by atoms with van der Waals surface area (Å²) in [6, 6.07) is 8.02. The molecular formula is C12H13NOS. The van der Waals surface area contributed by atoms with Crippen LogP contribution >= 0.6 is 11.3 Å². The Balaban J connectivity index is 2.28. The topological polar surface area (TPSA) is 35.2 Å². The van der Waals surface area contributed by atoms with Crippen LogP contribution in [0.1, 0.15) is 11.1 Å². The van der Waals surface area contributed by atoms with Gasteiger partial charge in [0.1, 0.15) is 5.75 Å². The van der Waals surface area contributed by atoms with E-state index in [4.69, 9.17) is 10.5 Å². The number of benzene rings is 1. The van der Waals surface area contributed by atoms with Crippen LogP contribution in [-0.2, 0) is 6.42 Å². The van der Waals surface area contributed by atoms with Gasteiger partial charge in [-0.3, -0.25) is 0 Å². The summed E-state index contributed by atoms with van der Waals surface area (Å²) in [6.45, 7) is 0. The van der Waals surface area contributed by atoms with E-state index < -0.39 is 0 Å². The quantitative estimate of drug-likeness (QED) is 0.861. The van der Waals surface area contributed by atoms with Gasteiger partial charge in [0.2, 0.25) is 0 Å². The van der Waals surface area contributed by atoms with Gasteiger partial charge in [0, 0.05) is 17.5 Å². The van der Waals surface area contributed by atoms with E-state index in [0.717, 1.165) is 17.9 Å². The van der Waals surface area contributed by atoms with Crippen LogP contribution < -0.4 is 10.5 Å². The zero-order valence-electron chi connectivity index (χ0n) is 8.57. The molecule has 78 valence electrons. The fourth-order valence-corrected chi connectivity index (χ4v) is 2.28. The van der Waals surface area contributed by atoms with Crippen molar-refractivity contribution >= 4 is 17.0 Å². The smallest absolute Gasteiger partial charge is 0.122 e. The molecule has 2 nitrogen and oxygen atoms in total. The molecule has 1 aromatic heterocycles. The van der Waals surface area contributed by atoms with Crippen LogP contribution in [0.3, 0.4) is 0 Å². The molecule has 0 unspecified atom stereocenters. The van der Waals surface area contributed by atoms with Crippen LogP contribution in [0, 0.1) is 0 Å². The van der Waals surface area contributed by atoms with E-state index in [0.29, 0.717) is 0 Å². The van der Waals surface area contributed by atoms with Crippen LogP contribution in [0.4, 0.5) is 5.69 Å². The average Bonchev–Trinajstić information content (AvgIpc) is 2.65. The molecule has 1 heterocycles. The molecule has 0 atom stereocenters. The average molecular weight is 219 g/mol. The number of hydrogen-bond donors (Lipinski definition) is 1. The van der Waals surface area contributed by atoms with Crippen molar-refractivity contribution in [1.29, 1.82) is 0 Å². The summed E-state index contributed by atoms with van der Waals surface area (Å²) in [5, 5.41) is 4.05. The van der Waals surface area contributed by atoms with Crippen molar-refractivity contribution in [3.05, 3.63) is 46.2 Å². The molecule has 1 aromatic carbocycles. The molecule has 0 aliphatic carbocycles. The van der Waals surface area contributed by atoms with Gasteiger partial charge in [-0.15, -0.1) is 11.3 Å². The van der Waals surface area contributed by atoms with Crippen molar-refractivity contribution in [2.45, 2.75) is 6.42 Å². The summed E-state index contributed by atoms with van der Waals surface area (Å²) in [5.41, 5.74) is 9.06. The third-order valence-corrected chi connectivity index (χ3v) is 3.16. The van der Waals surface area contributed by atoms with E-state index in [-0.39, 0.29) is 0 Å². The Morgan fingerprint density at radius 1 is 1.20 bits per heavy atom. The Morgan fingerprint density at radius 3 is 2.67 bits per heavy atom. The first kappa shape index (κ1) is 10.1. The molecule has 0 saturated heterocycles. The van der Waals surface area contributed by atoms with Crippen LogP contribution in [0.25, 0.3) is 0 Å². The summed E-state index contributed by atoms with van der Waals surface area (Å²) in [6.07, 6.45) is 0.833. The predicted octanol–water partition coefficient (Wildman–Crippen LogP) is 2.93. The van der Waals surface area contributed by atoms with Gasteiger partial charge in [-0.05, 0) is 22.6 Å². The molecule has 0 spiro atoms. The predicted molar refractivity (Wildman–Crippen MR) is 64.5 cm³/mol. The second kappa shape index (κ2) is 4.36. The van der Waals surface area contributed by atoms with E-state index in [1.54, 1.807) is 18.4 Å². The second-order valence-corrected chi connectivity index (χ2v) is 4.08. The van der Waals surface area contributed by atoms with Gasteiger partial charge in [0.15, 0.2) is 0 Å². The number of para-hydroxylation sites is 1. The summed E-state index contributed by atoms with van der Waals surface area (Å²) < 4.78 is 5.30. The first-order valence-corrected chi connectivity index (χ1v) is 5.68. The highest BCUT2D eigenvalue weighted by molar-refractivity contribution is 7.08. The Kier molecular flexibility index (Phi) is 2.92. The molecular weight excluding hydrogens is 206 g/mol. The molecule has 0 saturated carbocycles. The van der Waals surface area contributed by atoms with Crippen molar-refractivity contribution < 1.29 is 4.74 Å². The first-order valence-electron chi connectivity index (χ1n) is 4.73. The number of methoxy groups -OCH3 is 1. The normalized spacial score (nSPS) is 10.2. The van der Waals surface area contributed by atoms with Crippen LogP contribution in [0.15, 0.2) is 35.0 Å². The van der Waals surface area contributed by atoms with Crippen molar-refractivity contribution in [3.63, 3.8) is 0 Å².